The summed E-state index contributed by atoms with van der Waals surface area (Å²) in [6, 6.07) is 8.02. The second-order valence-corrected chi connectivity index (χ2v) is 7.32. The molecule has 1 saturated heterocycles. The third kappa shape index (κ3) is 3.96. The van der Waals surface area contributed by atoms with Crippen molar-refractivity contribution in [1.82, 2.24) is 10.6 Å². The lowest BCUT2D eigenvalue weighted by molar-refractivity contribution is -0.175. The lowest BCUT2D eigenvalue weighted by Crippen LogP contribution is -2.52. The van der Waals surface area contributed by atoms with Gasteiger partial charge in [0.25, 0.3) is 0 Å². The standard InChI is InChI=1S/C18H22F2N2O3S/c19-17(20)8-6-13(10-17)18(24,12-4-2-1-3-5-12)15(23)25-11-14-7-9-21-16(26)22-14/h1-5,13-14,24H,6-11H2,(H2,21,22,26)/t13-,14-,18+/m1/s1. The molecule has 0 spiro atoms. The van der Waals surface area contributed by atoms with Crippen LogP contribution in [0.4, 0.5) is 8.78 Å². The van der Waals surface area contributed by atoms with Crippen LogP contribution in [0.25, 0.3) is 0 Å². The first-order valence-corrected chi connectivity index (χ1v) is 9.09. The van der Waals surface area contributed by atoms with Crippen LogP contribution >= 0.6 is 12.2 Å². The number of rotatable bonds is 5. The summed E-state index contributed by atoms with van der Waals surface area (Å²) in [6.07, 6.45) is -0.130. The maximum Gasteiger partial charge on any atom is 0.343 e. The van der Waals surface area contributed by atoms with Crippen molar-refractivity contribution in [3.8, 4) is 0 Å². The topological polar surface area (TPSA) is 70.6 Å². The zero-order chi connectivity index (χ0) is 18.8. The molecule has 2 fully saturated rings. The fraction of sp³-hybridized carbons (Fsp3) is 0.556. The molecule has 0 bridgehead atoms. The number of nitrogens with one attached hydrogen (secondary N) is 2. The Morgan fingerprint density at radius 2 is 2.08 bits per heavy atom. The van der Waals surface area contributed by atoms with E-state index in [0.717, 1.165) is 0 Å². The molecule has 8 heteroatoms. The molecule has 1 aromatic carbocycles. The zero-order valence-corrected chi connectivity index (χ0v) is 15.0. The summed E-state index contributed by atoms with van der Waals surface area (Å²) < 4.78 is 32.8. The van der Waals surface area contributed by atoms with Crippen LogP contribution in [0.15, 0.2) is 30.3 Å². The highest BCUT2D eigenvalue weighted by Gasteiger charge is 2.54. The van der Waals surface area contributed by atoms with Crippen LogP contribution in [0.3, 0.4) is 0 Å². The largest absolute Gasteiger partial charge is 0.461 e. The number of carbonyl (C=O) groups excluding carboxylic acids is 1. The number of ether oxygens (including phenoxy) is 1. The van der Waals surface area contributed by atoms with Gasteiger partial charge in [-0.05, 0) is 30.6 Å². The molecule has 26 heavy (non-hydrogen) atoms. The number of halogens is 2. The van der Waals surface area contributed by atoms with E-state index < -0.39 is 29.8 Å². The number of hydrogen-bond acceptors (Lipinski definition) is 4. The first-order valence-electron chi connectivity index (χ1n) is 8.68. The van der Waals surface area contributed by atoms with Crippen LogP contribution in [0.2, 0.25) is 0 Å². The summed E-state index contributed by atoms with van der Waals surface area (Å²) in [5, 5.41) is 17.6. The molecule has 5 nitrogen and oxygen atoms in total. The highest BCUT2D eigenvalue weighted by Crippen LogP contribution is 2.47. The third-order valence-electron chi connectivity index (χ3n) is 5.05. The normalized spacial score (nSPS) is 27.1. The van der Waals surface area contributed by atoms with Crippen LogP contribution in [-0.2, 0) is 15.1 Å². The molecule has 0 unspecified atom stereocenters. The fourth-order valence-corrected chi connectivity index (χ4v) is 3.87. The molecule has 1 aromatic rings. The number of carbonyl (C=O) groups is 1. The number of thiocarbonyl (C=S) groups is 1. The Morgan fingerprint density at radius 1 is 1.35 bits per heavy atom. The Labute approximate surface area is 156 Å². The van der Waals surface area contributed by atoms with Crippen LogP contribution in [0.5, 0.6) is 0 Å². The van der Waals surface area contributed by atoms with Gasteiger partial charge in [0.2, 0.25) is 5.92 Å². The fourth-order valence-electron chi connectivity index (χ4n) is 3.60. The Kier molecular flexibility index (Phi) is 5.43. The molecule has 1 heterocycles. The minimum absolute atomic E-state index is 0.0128. The molecule has 2 aliphatic rings. The average molecular weight is 384 g/mol. The predicted octanol–water partition coefficient (Wildman–Crippen LogP) is 2.09. The summed E-state index contributed by atoms with van der Waals surface area (Å²) in [7, 11) is 0. The second-order valence-electron chi connectivity index (χ2n) is 6.91. The van der Waals surface area contributed by atoms with E-state index in [9.17, 15) is 18.7 Å². The molecular formula is C18H22F2N2O3S. The minimum Gasteiger partial charge on any atom is -0.461 e. The molecule has 1 saturated carbocycles. The molecular weight excluding hydrogens is 362 g/mol. The SMILES string of the molecule is O=C(OC[C@H]1CCNC(=S)N1)[C@](O)(c1ccccc1)[C@@H]1CCC(F)(F)C1. The van der Waals surface area contributed by atoms with Gasteiger partial charge in [0.15, 0.2) is 10.7 Å². The molecule has 3 N–H and O–H groups in total. The molecule has 1 aliphatic heterocycles. The molecule has 1 aliphatic carbocycles. The lowest BCUT2D eigenvalue weighted by atomic mass is 9.80. The predicted molar refractivity (Wildman–Crippen MR) is 95.7 cm³/mol. The van der Waals surface area contributed by atoms with Crippen LogP contribution in [0, 0.1) is 5.92 Å². The summed E-state index contributed by atoms with van der Waals surface area (Å²) in [5.41, 5.74) is -1.81. The van der Waals surface area contributed by atoms with Gasteiger partial charge < -0.3 is 20.5 Å². The van der Waals surface area contributed by atoms with Crippen molar-refractivity contribution in [1.29, 1.82) is 0 Å². The highest BCUT2D eigenvalue weighted by atomic mass is 32.1. The molecule has 142 valence electrons. The van der Waals surface area contributed by atoms with Crippen molar-refractivity contribution >= 4 is 23.3 Å². The molecule has 0 aromatic heterocycles. The van der Waals surface area contributed by atoms with Gasteiger partial charge in [-0.3, -0.25) is 0 Å². The van der Waals surface area contributed by atoms with E-state index in [1.165, 1.54) is 0 Å². The summed E-state index contributed by atoms with van der Waals surface area (Å²) in [6.45, 7) is 0.671. The molecule has 3 atom stereocenters. The average Bonchev–Trinajstić information content (AvgIpc) is 3.00. The summed E-state index contributed by atoms with van der Waals surface area (Å²) >= 11 is 5.03. The smallest absolute Gasteiger partial charge is 0.343 e. The van der Waals surface area contributed by atoms with E-state index in [1.54, 1.807) is 30.3 Å². The molecule has 0 amide bonds. The number of alkyl halides is 2. The first kappa shape index (κ1) is 19.0. The molecule has 0 radical (unpaired) electrons. The van der Waals surface area contributed by atoms with Crippen molar-refractivity contribution in [3.05, 3.63) is 35.9 Å². The van der Waals surface area contributed by atoms with Crippen molar-refractivity contribution in [2.75, 3.05) is 13.2 Å². The van der Waals surface area contributed by atoms with Gasteiger partial charge in [0.1, 0.15) is 6.61 Å². The van der Waals surface area contributed by atoms with E-state index in [1.807, 2.05) is 0 Å². The Morgan fingerprint density at radius 3 is 2.69 bits per heavy atom. The number of benzene rings is 1. The van der Waals surface area contributed by atoms with Gasteiger partial charge in [0, 0.05) is 25.3 Å². The van der Waals surface area contributed by atoms with E-state index in [4.69, 9.17) is 17.0 Å². The zero-order valence-electron chi connectivity index (χ0n) is 14.2. The van der Waals surface area contributed by atoms with Crippen molar-refractivity contribution in [2.45, 2.75) is 43.2 Å². The number of aliphatic hydroxyl groups is 1. The van der Waals surface area contributed by atoms with E-state index >= 15 is 0 Å². The number of hydrogen-bond donors (Lipinski definition) is 3. The Bertz CT molecular complexity index is 674. The van der Waals surface area contributed by atoms with Crippen molar-refractivity contribution in [2.24, 2.45) is 5.92 Å². The first-order chi connectivity index (χ1) is 12.3. The van der Waals surface area contributed by atoms with E-state index in [-0.39, 0.29) is 31.1 Å². The van der Waals surface area contributed by atoms with Gasteiger partial charge in [-0.2, -0.15) is 0 Å². The molecule has 3 rings (SSSR count). The quantitative estimate of drug-likeness (QED) is 0.534. The Hall–Kier alpha value is -1.80. The maximum atomic E-state index is 13.7. The summed E-state index contributed by atoms with van der Waals surface area (Å²) in [4.78, 5) is 12.8. The summed E-state index contributed by atoms with van der Waals surface area (Å²) in [5.74, 6) is -4.66. The maximum absolute atomic E-state index is 13.7. The minimum atomic E-state index is -2.88. The Balaban J connectivity index is 1.77. The van der Waals surface area contributed by atoms with Crippen LogP contribution < -0.4 is 10.6 Å². The lowest BCUT2D eigenvalue weighted by Gasteiger charge is -2.33. The van der Waals surface area contributed by atoms with Crippen LogP contribution in [0.1, 0.15) is 31.2 Å². The van der Waals surface area contributed by atoms with Gasteiger partial charge in [0.05, 0.1) is 6.04 Å². The highest BCUT2D eigenvalue weighted by molar-refractivity contribution is 7.80. The van der Waals surface area contributed by atoms with Crippen molar-refractivity contribution in [3.63, 3.8) is 0 Å². The van der Waals surface area contributed by atoms with E-state index in [0.29, 0.717) is 18.1 Å². The number of esters is 1. The third-order valence-corrected chi connectivity index (χ3v) is 5.31. The van der Waals surface area contributed by atoms with Crippen molar-refractivity contribution < 1.29 is 23.4 Å². The van der Waals surface area contributed by atoms with Gasteiger partial charge >= 0.3 is 5.97 Å². The van der Waals surface area contributed by atoms with E-state index in [2.05, 4.69) is 10.6 Å². The monoisotopic (exact) mass is 384 g/mol. The van der Waals surface area contributed by atoms with Gasteiger partial charge in [-0.25, -0.2) is 13.6 Å². The van der Waals surface area contributed by atoms with Gasteiger partial charge in [-0.15, -0.1) is 0 Å². The second kappa shape index (κ2) is 7.44. The van der Waals surface area contributed by atoms with Crippen LogP contribution in [-0.4, -0.2) is 41.3 Å². The van der Waals surface area contributed by atoms with Gasteiger partial charge in [-0.1, -0.05) is 30.3 Å².